The smallest absolute Gasteiger partial charge is 0.302 e. The van der Waals surface area contributed by atoms with Gasteiger partial charge in [0.1, 0.15) is 0 Å². The molecule has 0 saturated carbocycles. The topological polar surface area (TPSA) is 35.5 Å². The Bertz CT molecular complexity index is 113. The Morgan fingerprint density at radius 1 is 1.21 bits per heavy atom. The number of rotatable bonds is 4. The van der Waals surface area contributed by atoms with Gasteiger partial charge in [-0.2, -0.15) is 0 Å². The van der Waals surface area contributed by atoms with E-state index in [-0.39, 0.29) is 14.4 Å². The highest BCUT2D eigenvalue weighted by molar-refractivity contribution is 5.75. The highest BCUT2D eigenvalue weighted by atomic mass is 16.5. The van der Waals surface area contributed by atoms with Gasteiger partial charge in [0, 0.05) is 35.5 Å². The average molecular weight is 201 g/mol. The zero-order chi connectivity index (χ0) is 10.7. The van der Waals surface area contributed by atoms with Gasteiger partial charge in [-0.15, -0.1) is 0 Å². The Morgan fingerprint density at radius 2 is 1.64 bits per heavy atom. The molecule has 0 aromatic carbocycles. The van der Waals surface area contributed by atoms with Crippen LogP contribution in [0.25, 0.3) is 0 Å². The fourth-order valence-corrected chi connectivity index (χ4v) is 0.419. The van der Waals surface area contributed by atoms with Gasteiger partial charge in [-0.05, 0) is 5.92 Å². The zero-order valence-corrected chi connectivity index (χ0v) is 10.0. The molecule has 83 valence electrons. The molecule has 0 rings (SSSR count). The lowest BCUT2D eigenvalue weighted by molar-refractivity contribution is -0.141. The summed E-state index contributed by atoms with van der Waals surface area (Å²) in [5.41, 5.74) is 0. The number of hydrogen-bond donors (Lipinski definition) is 0. The number of methoxy groups -OCH3 is 1. The van der Waals surface area contributed by atoms with Crippen molar-refractivity contribution < 1.29 is 14.3 Å². The number of carbonyl (C=O) groups is 1. The summed E-state index contributed by atoms with van der Waals surface area (Å²) >= 11 is 0. The van der Waals surface area contributed by atoms with Gasteiger partial charge in [0.2, 0.25) is 0 Å². The summed E-state index contributed by atoms with van der Waals surface area (Å²) in [5.74, 6) is 0.603. The maximum atomic E-state index is 10.1. The molecule has 0 aliphatic heterocycles. The van der Waals surface area contributed by atoms with Crippen molar-refractivity contribution in [1.29, 1.82) is 0 Å². The molecule has 4 heteroatoms. The largest absolute Gasteiger partial charge is 0.466 e. The van der Waals surface area contributed by atoms with Crippen molar-refractivity contribution in [3.8, 4) is 0 Å². The highest BCUT2D eigenvalue weighted by Gasteiger charge is 1.90. The van der Waals surface area contributed by atoms with E-state index in [0.29, 0.717) is 13.2 Å². The SMILES string of the molecule is CC(C)C.COCCCOC(C)=O.[B]. The number of carbonyl (C=O) groups excluding carboxylic acids is 1. The molecule has 0 atom stereocenters. The lowest BCUT2D eigenvalue weighted by Gasteiger charge is -1.98. The van der Waals surface area contributed by atoms with Crippen molar-refractivity contribution in [1.82, 2.24) is 0 Å². The minimum absolute atomic E-state index is 0. The third kappa shape index (κ3) is 41.9. The van der Waals surface area contributed by atoms with E-state index >= 15 is 0 Å². The van der Waals surface area contributed by atoms with E-state index in [9.17, 15) is 4.79 Å². The monoisotopic (exact) mass is 201 g/mol. The number of esters is 1. The summed E-state index contributed by atoms with van der Waals surface area (Å²) in [7, 11) is 1.62. The van der Waals surface area contributed by atoms with Gasteiger partial charge in [0.25, 0.3) is 0 Å². The molecule has 0 aromatic heterocycles. The first kappa shape index (κ1) is 19.1. The predicted molar refractivity (Wildman–Crippen MR) is 59.4 cm³/mol. The van der Waals surface area contributed by atoms with Gasteiger partial charge < -0.3 is 9.47 Å². The molecule has 0 bridgehead atoms. The van der Waals surface area contributed by atoms with Crippen molar-refractivity contribution in [3.05, 3.63) is 0 Å². The van der Waals surface area contributed by atoms with E-state index in [1.807, 2.05) is 0 Å². The Balaban J connectivity index is -0.000000209. The Labute approximate surface area is 89.7 Å². The molecule has 0 fully saturated rings. The van der Waals surface area contributed by atoms with Crippen molar-refractivity contribution in [3.63, 3.8) is 0 Å². The minimum Gasteiger partial charge on any atom is -0.466 e. The van der Waals surface area contributed by atoms with Gasteiger partial charge in [-0.3, -0.25) is 4.79 Å². The quantitative estimate of drug-likeness (QED) is 0.395. The molecule has 0 heterocycles. The molecular formula is C10H22BO3. The Morgan fingerprint density at radius 3 is 1.93 bits per heavy atom. The summed E-state index contributed by atoms with van der Waals surface area (Å²) in [4.78, 5) is 10.1. The standard InChI is InChI=1S/C6H12O3.C4H10.B/c1-6(7)9-5-3-4-8-2;1-4(2)3;/h3-5H2,1-2H3;4H,1-3H3;. The third-order valence-electron chi connectivity index (χ3n) is 0.798. The summed E-state index contributed by atoms with van der Waals surface area (Å²) in [6.07, 6.45) is 0.774. The second kappa shape index (κ2) is 15.0. The first-order chi connectivity index (χ1) is 6.00. The van der Waals surface area contributed by atoms with E-state index in [4.69, 9.17) is 4.74 Å². The van der Waals surface area contributed by atoms with Crippen LogP contribution in [0.2, 0.25) is 0 Å². The molecule has 0 aromatic rings. The molecule has 14 heavy (non-hydrogen) atoms. The van der Waals surface area contributed by atoms with E-state index in [1.165, 1.54) is 6.92 Å². The van der Waals surface area contributed by atoms with Crippen molar-refractivity contribution in [2.45, 2.75) is 34.1 Å². The van der Waals surface area contributed by atoms with E-state index < -0.39 is 0 Å². The van der Waals surface area contributed by atoms with Crippen LogP contribution in [0, 0.1) is 5.92 Å². The van der Waals surface area contributed by atoms with Crippen LogP contribution in [0.4, 0.5) is 0 Å². The lowest BCUT2D eigenvalue weighted by Crippen LogP contribution is -2.02. The molecule has 0 saturated heterocycles. The summed E-state index contributed by atoms with van der Waals surface area (Å²) < 4.78 is 9.36. The summed E-state index contributed by atoms with van der Waals surface area (Å²) in [5, 5.41) is 0. The van der Waals surface area contributed by atoms with Crippen LogP contribution in [0.5, 0.6) is 0 Å². The lowest BCUT2D eigenvalue weighted by atomic mass is 10.3. The summed E-state index contributed by atoms with van der Waals surface area (Å²) in [6.45, 7) is 9.00. The van der Waals surface area contributed by atoms with E-state index in [0.717, 1.165) is 12.3 Å². The molecule has 0 unspecified atom stereocenters. The van der Waals surface area contributed by atoms with Gasteiger partial charge in [0.15, 0.2) is 0 Å². The molecule has 0 aliphatic rings. The van der Waals surface area contributed by atoms with Crippen molar-refractivity contribution >= 4 is 14.4 Å². The Hall–Kier alpha value is -0.505. The number of ether oxygens (including phenoxy) is 2. The van der Waals surface area contributed by atoms with Crippen molar-refractivity contribution in [2.75, 3.05) is 20.3 Å². The second-order valence-electron chi connectivity index (χ2n) is 3.42. The molecule has 3 radical (unpaired) electrons. The summed E-state index contributed by atoms with van der Waals surface area (Å²) in [6, 6.07) is 0. The van der Waals surface area contributed by atoms with Gasteiger partial charge in [-0.1, -0.05) is 20.8 Å². The highest BCUT2D eigenvalue weighted by Crippen LogP contribution is 1.83. The fourth-order valence-electron chi connectivity index (χ4n) is 0.419. The second-order valence-corrected chi connectivity index (χ2v) is 3.42. The van der Waals surface area contributed by atoms with Crippen LogP contribution in [0.3, 0.4) is 0 Å². The molecule has 3 nitrogen and oxygen atoms in total. The van der Waals surface area contributed by atoms with E-state index in [1.54, 1.807) is 7.11 Å². The van der Waals surface area contributed by atoms with E-state index in [2.05, 4.69) is 25.5 Å². The minimum atomic E-state index is -0.230. The maximum absolute atomic E-state index is 10.1. The molecule has 0 spiro atoms. The van der Waals surface area contributed by atoms with Crippen LogP contribution >= 0.6 is 0 Å². The average Bonchev–Trinajstić information content (AvgIpc) is 1.97. The Kier molecular flexibility index (Phi) is 20.5. The van der Waals surface area contributed by atoms with Crippen LogP contribution in [-0.4, -0.2) is 34.7 Å². The number of hydrogen-bond acceptors (Lipinski definition) is 3. The molecular weight excluding hydrogens is 179 g/mol. The normalized spacial score (nSPS) is 8.43. The van der Waals surface area contributed by atoms with Gasteiger partial charge in [0.05, 0.1) is 6.61 Å². The fraction of sp³-hybridized carbons (Fsp3) is 0.900. The third-order valence-corrected chi connectivity index (χ3v) is 0.798. The van der Waals surface area contributed by atoms with Gasteiger partial charge in [-0.25, -0.2) is 0 Å². The molecule has 0 N–H and O–H groups in total. The van der Waals surface area contributed by atoms with Crippen LogP contribution in [0.15, 0.2) is 0 Å². The first-order valence-corrected chi connectivity index (χ1v) is 4.63. The van der Waals surface area contributed by atoms with Gasteiger partial charge >= 0.3 is 5.97 Å². The first-order valence-electron chi connectivity index (χ1n) is 4.63. The van der Waals surface area contributed by atoms with Crippen LogP contribution < -0.4 is 0 Å². The zero-order valence-electron chi connectivity index (χ0n) is 10.0. The molecule has 0 aliphatic carbocycles. The maximum Gasteiger partial charge on any atom is 0.302 e. The predicted octanol–water partition coefficient (Wildman–Crippen LogP) is 1.87. The molecule has 0 amide bonds. The van der Waals surface area contributed by atoms with Crippen molar-refractivity contribution in [2.24, 2.45) is 5.92 Å². The van der Waals surface area contributed by atoms with Crippen LogP contribution in [-0.2, 0) is 14.3 Å². The van der Waals surface area contributed by atoms with Crippen LogP contribution in [0.1, 0.15) is 34.1 Å².